The van der Waals surface area contributed by atoms with Crippen molar-refractivity contribution < 1.29 is 0 Å². The zero-order valence-electron chi connectivity index (χ0n) is 16.2. The van der Waals surface area contributed by atoms with Crippen LogP contribution >= 0.6 is 0 Å². The monoisotopic (exact) mass is 289 g/mol. The third kappa shape index (κ3) is 52.5. The minimum absolute atomic E-state index is 1.02. The minimum Gasteiger partial charge on any atom is -0.333 e. The zero-order chi connectivity index (χ0) is 17.2. The Kier molecular flexibility index (Phi) is 81.6. The summed E-state index contributed by atoms with van der Waals surface area (Å²) < 4.78 is 0. The Morgan fingerprint density at radius 3 is 1.40 bits per heavy atom. The molecule has 0 aromatic rings. The van der Waals surface area contributed by atoms with E-state index in [0.29, 0.717) is 0 Å². The molecule has 1 nitrogen and oxygen atoms in total. The van der Waals surface area contributed by atoms with Crippen molar-refractivity contribution in [2.24, 2.45) is 11.7 Å². The molecule has 0 fully saturated rings. The van der Waals surface area contributed by atoms with Crippen molar-refractivity contribution >= 4 is 0 Å². The summed E-state index contributed by atoms with van der Waals surface area (Å²) in [4.78, 5) is 0. The molecule has 1 heteroatoms. The molecule has 1 unspecified atom stereocenters. The first-order valence-electron chi connectivity index (χ1n) is 8.84. The number of unbranched alkanes of at least 4 members (excludes halogenated alkanes) is 2. The standard InChI is InChI=1S/C11H24.C3H8.C2H6.C2H4.CH5N/c1-4-7-8-10-11(6-3)9-5-2;1-3-2;3*1-2/h11H,4-10H2,1-3H3;3H2,1-2H3;1-2H3;1-2H2;2H2,1H3. The molecule has 0 aliphatic heterocycles. The van der Waals surface area contributed by atoms with Gasteiger partial charge in [-0.2, -0.15) is 0 Å². The number of rotatable bonds is 7. The molecule has 0 aromatic carbocycles. The average Bonchev–Trinajstić information content (AvgIpc) is 2.53. The van der Waals surface area contributed by atoms with Gasteiger partial charge in [-0.1, -0.05) is 99.8 Å². The van der Waals surface area contributed by atoms with E-state index < -0.39 is 0 Å². The summed E-state index contributed by atoms with van der Waals surface area (Å²) in [6.07, 6.45) is 11.2. The van der Waals surface area contributed by atoms with Crippen LogP contribution in [0.3, 0.4) is 0 Å². The second-order valence-corrected chi connectivity index (χ2v) is 4.27. The van der Waals surface area contributed by atoms with Gasteiger partial charge in [0.25, 0.3) is 0 Å². The molecular weight excluding hydrogens is 242 g/mol. The normalized spacial score (nSPS) is 9.05. The van der Waals surface area contributed by atoms with Crippen LogP contribution in [-0.4, -0.2) is 7.05 Å². The van der Waals surface area contributed by atoms with Crippen LogP contribution in [0.15, 0.2) is 13.2 Å². The van der Waals surface area contributed by atoms with Crippen LogP contribution in [0.4, 0.5) is 0 Å². The van der Waals surface area contributed by atoms with Crippen LogP contribution in [0.1, 0.15) is 99.8 Å². The van der Waals surface area contributed by atoms with Gasteiger partial charge in [0.1, 0.15) is 0 Å². The highest BCUT2D eigenvalue weighted by molar-refractivity contribution is 4.56. The Morgan fingerprint density at radius 1 is 0.750 bits per heavy atom. The topological polar surface area (TPSA) is 26.0 Å². The molecule has 0 saturated carbocycles. The van der Waals surface area contributed by atoms with Crippen molar-refractivity contribution in [3.05, 3.63) is 13.2 Å². The maximum atomic E-state index is 4.50. The Bertz CT molecular complexity index is 91.8. The summed E-state index contributed by atoms with van der Waals surface area (Å²) in [5.41, 5.74) is 4.50. The first-order chi connectivity index (χ1) is 9.76. The second kappa shape index (κ2) is 51.2. The second-order valence-electron chi connectivity index (χ2n) is 4.27. The smallest absolute Gasteiger partial charge is 0.0195 e. The van der Waals surface area contributed by atoms with Crippen LogP contribution in [0, 0.1) is 5.92 Å². The molecule has 0 spiro atoms. The molecule has 0 saturated heterocycles. The van der Waals surface area contributed by atoms with Crippen LogP contribution in [0.2, 0.25) is 0 Å². The molecule has 0 aromatic heterocycles. The largest absolute Gasteiger partial charge is 0.333 e. The first kappa shape index (κ1) is 31.9. The summed E-state index contributed by atoms with van der Waals surface area (Å²) in [7, 11) is 1.50. The fourth-order valence-corrected chi connectivity index (χ4v) is 1.64. The maximum Gasteiger partial charge on any atom is -0.0195 e. The summed E-state index contributed by atoms with van der Waals surface area (Å²) in [5.74, 6) is 1.02. The maximum absolute atomic E-state index is 4.50. The fraction of sp³-hybridized carbons (Fsp3) is 0.895. The van der Waals surface area contributed by atoms with Gasteiger partial charge >= 0.3 is 0 Å². The highest BCUT2D eigenvalue weighted by Crippen LogP contribution is 2.18. The highest BCUT2D eigenvalue weighted by atomic mass is 14.4. The van der Waals surface area contributed by atoms with Gasteiger partial charge in [-0.05, 0) is 13.0 Å². The van der Waals surface area contributed by atoms with Gasteiger partial charge in [-0.15, -0.1) is 13.2 Å². The van der Waals surface area contributed by atoms with Crippen molar-refractivity contribution in [1.82, 2.24) is 0 Å². The lowest BCUT2D eigenvalue weighted by Crippen LogP contribution is -1.97. The Hall–Kier alpha value is -0.300. The van der Waals surface area contributed by atoms with Crippen molar-refractivity contribution in [2.75, 3.05) is 7.05 Å². The van der Waals surface area contributed by atoms with Crippen molar-refractivity contribution in [3.8, 4) is 0 Å². The SMILES string of the molecule is C=C.CC.CCC.CCCCCC(CC)CCC.CN. The average molecular weight is 290 g/mol. The molecule has 0 heterocycles. The van der Waals surface area contributed by atoms with E-state index in [-0.39, 0.29) is 0 Å². The van der Waals surface area contributed by atoms with Crippen molar-refractivity contribution in [3.63, 3.8) is 0 Å². The summed E-state index contributed by atoms with van der Waals surface area (Å²) in [6, 6.07) is 0. The lowest BCUT2D eigenvalue weighted by molar-refractivity contribution is 0.412. The lowest BCUT2D eigenvalue weighted by atomic mass is 9.94. The van der Waals surface area contributed by atoms with Crippen LogP contribution in [0.25, 0.3) is 0 Å². The Morgan fingerprint density at radius 2 is 1.15 bits per heavy atom. The molecule has 2 N–H and O–H groups in total. The van der Waals surface area contributed by atoms with E-state index in [1.807, 2.05) is 13.8 Å². The molecule has 0 bridgehead atoms. The highest BCUT2D eigenvalue weighted by Gasteiger charge is 2.03. The third-order valence-corrected chi connectivity index (χ3v) is 2.49. The van der Waals surface area contributed by atoms with Gasteiger partial charge in [0.15, 0.2) is 0 Å². The van der Waals surface area contributed by atoms with E-state index in [9.17, 15) is 0 Å². The first-order valence-corrected chi connectivity index (χ1v) is 8.84. The van der Waals surface area contributed by atoms with E-state index in [0.717, 1.165) is 5.92 Å². The molecule has 20 heavy (non-hydrogen) atoms. The van der Waals surface area contributed by atoms with Crippen LogP contribution < -0.4 is 5.73 Å². The molecule has 0 aliphatic rings. The van der Waals surface area contributed by atoms with E-state index in [1.54, 1.807) is 0 Å². The van der Waals surface area contributed by atoms with E-state index in [2.05, 4.69) is 53.5 Å². The minimum atomic E-state index is 1.02. The van der Waals surface area contributed by atoms with Crippen molar-refractivity contribution in [1.29, 1.82) is 0 Å². The fourth-order valence-electron chi connectivity index (χ4n) is 1.64. The quantitative estimate of drug-likeness (QED) is 0.389. The molecule has 0 amide bonds. The van der Waals surface area contributed by atoms with E-state index in [4.69, 9.17) is 0 Å². The number of nitrogens with two attached hydrogens (primary N) is 1. The Labute approximate surface area is 132 Å². The van der Waals surface area contributed by atoms with Crippen LogP contribution in [0.5, 0.6) is 0 Å². The number of hydrogen-bond donors (Lipinski definition) is 1. The van der Waals surface area contributed by atoms with Gasteiger partial charge in [0.05, 0.1) is 0 Å². The molecule has 128 valence electrons. The molecule has 0 rings (SSSR count). The van der Waals surface area contributed by atoms with Crippen LogP contribution in [-0.2, 0) is 0 Å². The Balaban J connectivity index is -0.0000000698. The van der Waals surface area contributed by atoms with Crippen molar-refractivity contribution in [2.45, 2.75) is 99.8 Å². The lowest BCUT2D eigenvalue weighted by Gasteiger charge is -2.12. The molecule has 1 atom stereocenters. The van der Waals surface area contributed by atoms with Gasteiger partial charge in [-0.25, -0.2) is 0 Å². The molecular formula is C19H47N. The summed E-state index contributed by atoms with van der Waals surface area (Å²) >= 11 is 0. The number of hydrogen-bond acceptors (Lipinski definition) is 1. The predicted octanol–water partition coefficient (Wildman–Crippen LogP) is 7.21. The van der Waals surface area contributed by atoms with Gasteiger partial charge < -0.3 is 5.73 Å². The zero-order valence-corrected chi connectivity index (χ0v) is 16.2. The van der Waals surface area contributed by atoms with E-state index in [1.165, 1.54) is 58.4 Å². The van der Waals surface area contributed by atoms with Gasteiger partial charge in [0.2, 0.25) is 0 Å². The van der Waals surface area contributed by atoms with Gasteiger partial charge in [0, 0.05) is 0 Å². The summed E-state index contributed by atoms with van der Waals surface area (Å²) in [6.45, 7) is 21.1. The predicted molar refractivity (Wildman–Crippen MR) is 102 cm³/mol. The molecule has 0 radical (unpaired) electrons. The molecule has 0 aliphatic carbocycles. The third-order valence-electron chi connectivity index (χ3n) is 2.49. The van der Waals surface area contributed by atoms with Gasteiger partial charge in [-0.3, -0.25) is 0 Å². The summed E-state index contributed by atoms with van der Waals surface area (Å²) in [5, 5.41) is 0. The van der Waals surface area contributed by atoms with E-state index >= 15 is 0 Å².